The third-order valence-corrected chi connectivity index (χ3v) is 14.8. The molecule has 0 saturated heterocycles. The van der Waals surface area contributed by atoms with Crippen LogP contribution < -0.4 is 0 Å². The van der Waals surface area contributed by atoms with Crippen molar-refractivity contribution in [3.8, 4) is 0 Å². The predicted octanol–water partition coefficient (Wildman–Crippen LogP) is 5.10. The maximum atomic E-state index is 13.3. The molecule has 2 rings (SSSR count). The van der Waals surface area contributed by atoms with Gasteiger partial charge in [-0.15, -0.1) is 0 Å². The summed E-state index contributed by atoms with van der Waals surface area (Å²) in [6.07, 6.45) is 1.77. The normalized spacial score (nSPS) is 11.2. The zero-order valence-corrected chi connectivity index (χ0v) is 16.0. The summed E-state index contributed by atoms with van der Waals surface area (Å²) in [4.78, 5) is 26.6. The number of hydrogen-bond acceptors (Lipinski definition) is 2. The molecule has 0 aliphatic carbocycles. The van der Waals surface area contributed by atoms with Gasteiger partial charge in [0, 0.05) is 0 Å². The van der Waals surface area contributed by atoms with Crippen LogP contribution in [0.25, 0.3) is 0 Å². The molecule has 0 aromatic heterocycles. The summed E-state index contributed by atoms with van der Waals surface area (Å²) in [7, 11) is 0. The molecule has 3 heteroatoms. The van der Waals surface area contributed by atoms with E-state index in [0.717, 1.165) is 23.3 Å². The fourth-order valence-electron chi connectivity index (χ4n) is 3.27. The summed E-state index contributed by atoms with van der Waals surface area (Å²) in [5.74, 6) is 0. The van der Waals surface area contributed by atoms with Crippen LogP contribution in [0.4, 0.5) is 0 Å². The van der Waals surface area contributed by atoms with E-state index in [4.69, 9.17) is 0 Å². The van der Waals surface area contributed by atoms with Crippen molar-refractivity contribution in [1.29, 1.82) is 0 Å². The Morgan fingerprint density at radius 3 is 1.35 bits per heavy atom. The molecule has 0 bridgehead atoms. The minimum absolute atomic E-state index is 0.142. The van der Waals surface area contributed by atoms with Crippen LogP contribution >= 0.6 is 0 Å². The second kappa shape index (κ2) is 8.25. The van der Waals surface area contributed by atoms with Gasteiger partial charge in [-0.05, 0) is 0 Å². The average molecular weight is 369 g/mol. The molecule has 0 fully saturated rings. The molecule has 120 valence electrons. The molecule has 0 saturated carbocycles. The maximum absolute atomic E-state index is 13.3. The van der Waals surface area contributed by atoms with Gasteiger partial charge in [-0.1, -0.05) is 0 Å². The summed E-state index contributed by atoms with van der Waals surface area (Å²) in [5, 5.41) is 1.55. The molecular formula is C20H24GeO2. The second-order valence-corrected chi connectivity index (χ2v) is 14.5. The fraction of sp³-hybridized carbons (Fsp3) is 0.300. The SMILES string of the molecule is CC[CH2][Ge]([CH2]CC)([C](=O)c1ccccc1)[C](=O)c1ccccc1. The Kier molecular flexibility index (Phi) is 6.34. The molecule has 23 heavy (non-hydrogen) atoms. The molecule has 2 aromatic carbocycles. The van der Waals surface area contributed by atoms with Crippen LogP contribution in [0, 0.1) is 0 Å². The average Bonchev–Trinajstić information content (AvgIpc) is 2.61. The zero-order chi connectivity index (χ0) is 16.7. The van der Waals surface area contributed by atoms with Crippen molar-refractivity contribution in [2.75, 3.05) is 0 Å². The van der Waals surface area contributed by atoms with Gasteiger partial charge in [-0.2, -0.15) is 0 Å². The Labute approximate surface area is 141 Å². The van der Waals surface area contributed by atoms with Crippen LogP contribution in [-0.2, 0) is 0 Å². The molecule has 2 aromatic rings. The van der Waals surface area contributed by atoms with E-state index in [1.165, 1.54) is 0 Å². The number of hydrogen-bond donors (Lipinski definition) is 0. The van der Waals surface area contributed by atoms with Gasteiger partial charge in [-0.3, -0.25) is 0 Å². The van der Waals surface area contributed by atoms with E-state index in [0.29, 0.717) is 11.1 Å². The van der Waals surface area contributed by atoms with E-state index < -0.39 is 13.3 Å². The summed E-state index contributed by atoms with van der Waals surface area (Å²) >= 11 is -3.40. The first-order valence-electron chi connectivity index (χ1n) is 8.35. The van der Waals surface area contributed by atoms with E-state index in [2.05, 4.69) is 13.8 Å². The predicted molar refractivity (Wildman–Crippen MR) is 97.5 cm³/mol. The van der Waals surface area contributed by atoms with Crippen molar-refractivity contribution in [3.63, 3.8) is 0 Å². The van der Waals surface area contributed by atoms with Crippen molar-refractivity contribution >= 4 is 22.5 Å². The Balaban J connectivity index is 2.51. The Hall–Kier alpha value is -1.68. The van der Waals surface area contributed by atoms with Gasteiger partial charge >= 0.3 is 141 Å². The van der Waals surface area contributed by atoms with Crippen molar-refractivity contribution in [2.24, 2.45) is 0 Å². The summed E-state index contributed by atoms with van der Waals surface area (Å²) in [5.41, 5.74) is 1.41. The minimum atomic E-state index is -3.40. The van der Waals surface area contributed by atoms with Gasteiger partial charge in [-0.25, -0.2) is 0 Å². The van der Waals surface area contributed by atoms with Gasteiger partial charge in [0.25, 0.3) is 0 Å². The van der Waals surface area contributed by atoms with Crippen LogP contribution in [-0.4, -0.2) is 22.5 Å². The van der Waals surface area contributed by atoms with E-state index >= 15 is 0 Å². The van der Waals surface area contributed by atoms with Crippen molar-refractivity contribution in [3.05, 3.63) is 71.8 Å². The Bertz CT molecular complexity index is 590. The molecule has 0 heterocycles. The van der Waals surface area contributed by atoms with Crippen molar-refractivity contribution in [2.45, 2.75) is 37.2 Å². The molecule has 2 nitrogen and oxygen atoms in total. The fourth-order valence-corrected chi connectivity index (χ4v) is 12.7. The molecule has 0 radical (unpaired) electrons. The van der Waals surface area contributed by atoms with E-state index in [9.17, 15) is 9.59 Å². The second-order valence-electron chi connectivity index (χ2n) is 5.97. The van der Waals surface area contributed by atoms with E-state index in [1.54, 1.807) is 0 Å². The number of carbonyl (C=O) groups is 2. The topological polar surface area (TPSA) is 34.1 Å². The van der Waals surface area contributed by atoms with Gasteiger partial charge in [0.1, 0.15) is 0 Å². The Morgan fingerprint density at radius 2 is 1.04 bits per heavy atom. The number of carbonyl (C=O) groups excluding carboxylic acids is 2. The molecule has 0 unspecified atom stereocenters. The van der Waals surface area contributed by atoms with E-state index in [-0.39, 0.29) is 9.23 Å². The van der Waals surface area contributed by atoms with Gasteiger partial charge < -0.3 is 0 Å². The van der Waals surface area contributed by atoms with E-state index in [1.807, 2.05) is 60.7 Å². The quantitative estimate of drug-likeness (QED) is 0.607. The van der Waals surface area contributed by atoms with Crippen molar-refractivity contribution < 1.29 is 9.59 Å². The third kappa shape index (κ3) is 3.81. The van der Waals surface area contributed by atoms with Gasteiger partial charge in [0.2, 0.25) is 0 Å². The summed E-state index contributed by atoms with van der Waals surface area (Å²) in [6.45, 7) is 4.15. The third-order valence-electron chi connectivity index (χ3n) is 4.29. The number of benzene rings is 2. The Morgan fingerprint density at radius 1 is 0.696 bits per heavy atom. The molecule has 0 spiro atoms. The molecule has 0 aliphatic heterocycles. The molecule has 0 aliphatic rings. The van der Waals surface area contributed by atoms with Crippen LogP contribution in [0.1, 0.15) is 47.4 Å². The molecule has 0 atom stereocenters. The summed E-state index contributed by atoms with van der Waals surface area (Å²) in [6, 6.07) is 18.7. The van der Waals surface area contributed by atoms with Crippen LogP contribution in [0.5, 0.6) is 0 Å². The van der Waals surface area contributed by atoms with Crippen LogP contribution in [0.15, 0.2) is 60.7 Å². The molecule has 0 amide bonds. The molecule has 0 N–H and O–H groups in total. The van der Waals surface area contributed by atoms with Crippen LogP contribution in [0.2, 0.25) is 10.5 Å². The monoisotopic (exact) mass is 370 g/mol. The first-order chi connectivity index (χ1) is 11.2. The standard InChI is InChI=1S/C20H24GeO2/c1-3-15-21(16-4-2,19(22)17-11-7-5-8-12-17)20(23)18-13-9-6-10-14-18/h5-14H,3-4,15-16H2,1-2H3. The zero-order valence-electron chi connectivity index (χ0n) is 13.9. The van der Waals surface area contributed by atoms with Crippen LogP contribution in [0.3, 0.4) is 0 Å². The van der Waals surface area contributed by atoms with Crippen molar-refractivity contribution in [1.82, 2.24) is 0 Å². The molecular weight excluding hydrogens is 345 g/mol. The first kappa shape index (κ1) is 17.7. The number of rotatable bonds is 8. The van der Waals surface area contributed by atoms with Gasteiger partial charge in [0.05, 0.1) is 0 Å². The van der Waals surface area contributed by atoms with Gasteiger partial charge in [0.15, 0.2) is 0 Å². The first-order valence-corrected chi connectivity index (χ1v) is 13.4. The summed E-state index contributed by atoms with van der Waals surface area (Å²) < 4.78 is 0.284.